The molecule has 0 aromatic heterocycles. The van der Waals surface area contributed by atoms with Gasteiger partial charge in [0.2, 0.25) is 0 Å². The molecule has 0 bridgehead atoms. The van der Waals surface area contributed by atoms with E-state index in [0.717, 1.165) is 5.56 Å². The quantitative estimate of drug-likeness (QED) is 0.825. The van der Waals surface area contributed by atoms with Gasteiger partial charge >= 0.3 is 7.12 Å². The first-order valence-electron chi connectivity index (χ1n) is 6.98. The largest absolute Gasteiger partial charge is 0.508 e. The predicted molar refractivity (Wildman–Crippen MR) is 79.2 cm³/mol. The van der Waals surface area contributed by atoms with Gasteiger partial charge in [-0.05, 0) is 52.7 Å². The van der Waals surface area contributed by atoms with E-state index >= 15 is 0 Å². The highest BCUT2D eigenvalue weighted by molar-refractivity contribution is 6.63. The Morgan fingerprint density at radius 2 is 1.70 bits per heavy atom. The Bertz CT molecular complexity index is 481. The summed E-state index contributed by atoms with van der Waals surface area (Å²) in [6, 6.07) is 5.26. The van der Waals surface area contributed by atoms with E-state index in [9.17, 15) is 10.2 Å². The van der Waals surface area contributed by atoms with E-state index in [0.29, 0.717) is 11.9 Å². The second-order valence-electron chi connectivity index (χ2n) is 6.49. The lowest BCUT2D eigenvalue weighted by atomic mass is 9.74. The van der Waals surface area contributed by atoms with Crippen molar-refractivity contribution in [1.29, 1.82) is 0 Å². The third kappa shape index (κ3) is 2.71. The van der Waals surface area contributed by atoms with Crippen molar-refractivity contribution in [1.82, 2.24) is 0 Å². The molecule has 1 saturated heterocycles. The minimum Gasteiger partial charge on any atom is -0.508 e. The molecule has 1 unspecified atom stereocenters. The highest BCUT2D eigenvalue weighted by atomic mass is 16.7. The van der Waals surface area contributed by atoms with Crippen molar-refractivity contribution in [3.8, 4) is 5.75 Å². The van der Waals surface area contributed by atoms with E-state index in [-0.39, 0.29) is 5.75 Å². The first-order chi connectivity index (χ1) is 9.14. The molecular weight excluding hydrogens is 255 g/mol. The van der Waals surface area contributed by atoms with Crippen molar-refractivity contribution in [2.75, 3.05) is 0 Å². The Morgan fingerprint density at radius 3 is 2.20 bits per heavy atom. The molecule has 1 aromatic rings. The first kappa shape index (κ1) is 15.4. The normalized spacial score (nSPS) is 22.0. The fourth-order valence-electron chi connectivity index (χ4n) is 2.33. The predicted octanol–water partition coefficient (Wildman–Crippen LogP) is 1.61. The van der Waals surface area contributed by atoms with Crippen LogP contribution in [0.2, 0.25) is 0 Å². The lowest BCUT2D eigenvalue weighted by Gasteiger charge is -2.32. The number of phenolic OH excluding ortho intramolecular Hbond substituents is 1. The number of aliphatic hydroxyl groups is 1. The average molecular weight is 278 g/mol. The summed E-state index contributed by atoms with van der Waals surface area (Å²) in [6.45, 7) is 9.61. The second kappa shape index (κ2) is 5.06. The highest BCUT2D eigenvalue weighted by Gasteiger charge is 2.52. The van der Waals surface area contributed by atoms with Crippen LogP contribution in [0.4, 0.5) is 0 Å². The molecule has 0 saturated carbocycles. The zero-order valence-electron chi connectivity index (χ0n) is 12.8. The van der Waals surface area contributed by atoms with Crippen LogP contribution in [0.3, 0.4) is 0 Å². The summed E-state index contributed by atoms with van der Waals surface area (Å²) >= 11 is 0. The molecule has 20 heavy (non-hydrogen) atoms. The van der Waals surface area contributed by atoms with Crippen LogP contribution in [0.15, 0.2) is 18.2 Å². The van der Waals surface area contributed by atoms with Gasteiger partial charge in [-0.1, -0.05) is 12.1 Å². The maximum Gasteiger partial charge on any atom is 0.498 e. The van der Waals surface area contributed by atoms with Crippen molar-refractivity contribution in [3.63, 3.8) is 0 Å². The van der Waals surface area contributed by atoms with E-state index in [1.54, 1.807) is 19.1 Å². The fraction of sp³-hybridized carbons (Fsp3) is 0.600. The average Bonchev–Trinajstić information content (AvgIpc) is 2.46. The zero-order chi connectivity index (χ0) is 15.1. The Balaban J connectivity index is 2.39. The molecular formula is C15H23BO4. The summed E-state index contributed by atoms with van der Waals surface area (Å²) in [5.74, 6) is 0.140. The maximum atomic E-state index is 10.2. The van der Waals surface area contributed by atoms with Crippen molar-refractivity contribution in [2.24, 2.45) is 0 Å². The molecule has 110 valence electrons. The van der Waals surface area contributed by atoms with E-state index < -0.39 is 24.4 Å². The van der Waals surface area contributed by atoms with Crippen LogP contribution < -0.4 is 5.46 Å². The third-order valence-electron chi connectivity index (χ3n) is 4.18. The van der Waals surface area contributed by atoms with Gasteiger partial charge in [-0.2, -0.15) is 0 Å². The van der Waals surface area contributed by atoms with Gasteiger partial charge in [-0.15, -0.1) is 0 Å². The van der Waals surface area contributed by atoms with E-state index in [4.69, 9.17) is 9.31 Å². The Morgan fingerprint density at radius 1 is 1.15 bits per heavy atom. The molecule has 1 aromatic carbocycles. The SMILES string of the molecule is CC(O)Cc1cccc(O)c1B1OC(C)(C)C(C)(C)O1. The van der Waals surface area contributed by atoms with Crippen LogP contribution in [0.25, 0.3) is 0 Å². The molecule has 1 fully saturated rings. The lowest BCUT2D eigenvalue weighted by Crippen LogP contribution is -2.41. The number of hydrogen-bond acceptors (Lipinski definition) is 4. The number of hydrogen-bond donors (Lipinski definition) is 2. The number of aromatic hydroxyl groups is 1. The number of phenols is 1. The first-order valence-corrected chi connectivity index (χ1v) is 6.98. The van der Waals surface area contributed by atoms with Crippen molar-refractivity contribution < 1.29 is 19.5 Å². The molecule has 0 spiro atoms. The summed E-state index contributed by atoms with van der Waals surface area (Å²) in [7, 11) is -0.616. The van der Waals surface area contributed by atoms with Gasteiger partial charge in [-0.25, -0.2) is 0 Å². The van der Waals surface area contributed by atoms with Gasteiger partial charge < -0.3 is 19.5 Å². The Kier molecular flexibility index (Phi) is 3.89. The van der Waals surface area contributed by atoms with Gasteiger partial charge in [0.15, 0.2) is 0 Å². The molecule has 1 aliphatic heterocycles. The van der Waals surface area contributed by atoms with E-state index in [2.05, 4.69) is 0 Å². The van der Waals surface area contributed by atoms with Gasteiger partial charge in [0.1, 0.15) is 5.75 Å². The summed E-state index contributed by atoms with van der Waals surface area (Å²) < 4.78 is 12.0. The fourth-order valence-corrected chi connectivity index (χ4v) is 2.33. The van der Waals surface area contributed by atoms with Crippen molar-refractivity contribution in [3.05, 3.63) is 23.8 Å². The summed E-state index contributed by atoms with van der Waals surface area (Å²) in [4.78, 5) is 0. The number of rotatable bonds is 3. The molecule has 5 heteroatoms. The van der Waals surface area contributed by atoms with Crippen molar-refractivity contribution in [2.45, 2.75) is 58.3 Å². The molecule has 1 heterocycles. The third-order valence-corrected chi connectivity index (χ3v) is 4.18. The molecule has 2 N–H and O–H groups in total. The minimum atomic E-state index is -0.616. The standard InChI is InChI=1S/C15H23BO4/c1-10(17)9-11-7-6-8-12(18)13(11)16-19-14(2,3)15(4,5)20-16/h6-8,10,17-18H,9H2,1-5H3. The molecule has 4 nitrogen and oxygen atoms in total. The minimum absolute atomic E-state index is 0.140. The van der Waals surface area contributed by atoms with Crippen LogP contribution in [0.5, 0.6) is 5.75 Å². The Labute approximate surface area is 120 Å². The van der Waals surface area contributed by atoms with Crippen LogP contribution in [-0.2, 0) is 15.7 Å². The van der Waals surface area contributed by atoms with Crippen LogP contribution in [0.1, 0.15) is 40.2 Å². The molecule has 0 radical (unpaired) electrons. The van der Waals surface area contributed by atoms with E-state index in [1.807, 2.05) is 33.8 Å². The lowest BCUT2D eigenvalue weighted by molar-refractivity contribution is 0.00578. The van der Waals surface area contributed by atoms with Gasteiger partial charge in [0, 0.05) is 5.46 Å². The summed E-state index contributed by atoms with van der Waals surface area (Å²) in [5, 5.41) is 19.8. The maximum absolute atomic E-state index is 10.2. The van der Waals surface area contributed by atoms with Crippen LogP contribution in [0, 0.1) is 0 Å². The molecule has 2 rings (SSSR count). The number of aliphatic hydroxyl groups excluding tert-OH is 1. The molecule has 0 amide bonds. The smallest absolute Gasteiger partial charge is 0.498 e. The van der Waals surface area contributed by atoms with Gasteiger partial charge in [0.25, 0.3) is 0 Å². The summed E-state index contributed by atoms with van der Waals surface area (Å²) in [5.41, 5.74) is 0.551. The second-order valence-corrected chi connectivity index (χ2v) is 6.49. The monoisotopic (exact) mass is 278 g/mol. The van der Waals surface area contributed by atoms with Gasteiger partial charge in [-0.3, -0.25) is 0 Å². The van der Waals surface area contributed by atoms with Crippen LogP contribution in [-0.4, -0.2) is 34.6 Å². The van der Waals surface area contributed by atoms with Gasteiger partial charge in [0.05, 0.1) is 17.3 Å². The molecule has 1 atom stereocenters. The highest BCUT2D eigenvalue weighted by Crippen LogP contribution is 2.37. The number of benzene rings is 1. The van der Waals surface area contributed by atoms with Crippen molar-refractivity contribution >= 4 is 12.6 Å². The molecule has 0 aliphatic carbocycles. The Hall–Kier alpha value is -1.04. The summed E-state index contributed by atoms with van der Waals surface area (Å²) in [6.07, 6.45) is -0.0358. The molecule has 1 aliphatic rings. The van der Waals surface area contributed by atoms with E-state index in [1.165, 1.54) is 0 Å². The van der Waals surface area contributed by atoms with Crippen LogP contribution >= 0.6 is 0 Å². The zero-order valence-corrected chi connectivity index (χ0v) is 12.8. The topological polar surface area (TPSA) is 58.9 Å².